The molecule has 2 heterocycles. The highest BCUT2D eigenvalue weighted by Gasteiger charge is 2.42. The molecule has 1 aromatic carbocycles. The highest BCUT2D eigenvalue weighted by atomic mass is 16.5. The topological polar surface area (TPSA) is 139 Å². The number of phenols is 1. The van der Waals surface area contributed by atoms with Crippen LogP contribution in [0.1, 0.15) is 35.6 Å². The van der Waals surface area contributed by atoms with E-state index in [4.69, 9.17) is 4.74 Å². The summed E-state index contributed by atoms with van der Waals surface area (Å²) < 4.78 is 7.31. The number of rotatable bonds is 5. The van der Waals surface area contributed by atoms with E-state index in [9.17, 15) is 19.8 Å². The summed E-state index contributed by atoms with van der Waals surface area (Å²) >= 11 is 0. The van der Waals surface area contributed by atoms with Crippen LogP contribution in [0.4, 0.5) is 0 Å². The minimum Gasteiger partial charge on any atom is -0.507 e. The molecule has 2 aromatic rings. The van der Waals surface area contributed by atoms with E-state index in [2.05, 4.69) is 20.9 Å². The Morgan fingerprint density at radius 1 is 1.24 bits per heavy atom. The lowest BCUT2D eigenvalue weighted by Crippen LogP contribution is -2.57. The Morgan fingerprint density at radius 3 is 2.52 bits per heavy atom. The fourth-order valence-electron chi connectivity index (χ4n) is 3.38. The van der Waals surface area contributed by atoms with E-state index >= 15 is 0 Å². The number of hydrogen-bond acceptors (Lipinski definition) is 7. The van der Waals surface area contributed by atoms with Crippen LogP contribution in [0.2, 0.25) is 0 Å². The summed E-state index contributed by atoms with van der Waals surface area (Å²) in [5.41, 5.74) is 4.31. The largest absolute Gasteiger partial charge is 0.507 e. The molecule has 0 radical (unpaired) electrons. The van der Waals surface area contributed by atoms with Crippen LogP contribution in [-0.4, -0.2) is 55.2 Å². The highest BCUT2D eigenvalue weighted by Crippen LogP contribution is 2.43. The monoisotopic (exact) mass is 403 g/mol. The van der Waals surface area contributed by atoms with Crippen LogP contribution in [0.25, 0.3) is 0 Å². The fraction of sp³-hybridized carbons (Fsp3) is 0.474. The third-order valence-electron chi connectivity index (χ3n) is 5.46. The van der Waals surface area contributed by atoms with Gasteiger partial charge in [-0.05, 0) is 50.8 Å². The number of nitrogens with one attached hydrogen (secondary N) is 2. The fourth-order valence-corrected chi connectivity index (χ4v) is 3.38. The van der Waals surface area contributed by atoms with E-state index in [-0.39, 0.29) is 5.75 Å². The van der Waals surface area contributed by atoms with Crippen molar-refractivity contribution < 1.29 is 24.5 Å². The van der Waals surface area contributed by atoms with Gasteiger partial charge >= 0.3 is 0 Å². The SMILES string of the molecule is Cc1c(C)c2c(c(C)c1O)CCC(C)(C(=O)NC(CO)C(=O)Nn1cnnc1)O2. The molecule has 1 aliphatic rings. The van der Waals surface area contributed by atoms with E-state index in [1.165, 1.54) is 17.3 Å². The predicted octanol–water partition coefficient (Wildman–Crippen LogP) is 0.240. The van der Waals surface area contributed by atoms with Crippen LogP contribution in [0.5, 0.6) is 11.5 Å². The molecule has 2 atom stereocenters. The molecule has 0 bridgehead atoms. The van der Waals surface area contributed by atoms with E-state index in [1.54, 1.807) is 13.8 Å². The maximum absolute atomic E-state index is 12.9. The Bertz CT molecular complexity index is 943. The smallest absolute Gasteiger partial charge is 0.264 e. The molecule has 4 N–H and O–H groups in total. The number of aliphatic hydroxyl groups excluding tert-OH is 1. The molecule has 0 saturated heterocycles. The first-order valence-electron chi connectivity index (χ1n) is 9.26. The number of fused-ring (bicyclic) bond motifs is 1. The van der Waals surface area contributed by atoms with Gasteiger partial charge in [0.25, 0.3) is 11.8 Å². The van der Waals surface area contributed by atoms with Gasteiger partial charge in [0.2, 0.25) is 0 Å². The Morgan fingerprint density at radius 2 is 1.90 bits per heavy atom. The van der Waals surface area contributed by atoms with E-state index in [1.807, 2.05) is 13.8 Å². The number of carbonyl (C=O) groups is 2. The van der Waals surface area contributed by atoms with Crippen molar-refractivity contribution in [2.45, 2.75) is 52.2 Å². The van der Waals surface area contributed by atoms with Crippen molar-refractivity contribution in [3.05, 3.63) is 34.9 Å². The Balaban J connectivity index is 1.78. The molecule has 1 aromatic heterocycles. The van der Waals surface area contributed by atoms with Gasteiger partial charge in [-0.1, -0.05) is 0 Å². The van der Waals surface area contributed by atoms with Gasteiger partial charge in [-0.3, -0.25) is 15.0 Å². The van der Waals surface area contributed by atoms with Crippen molar-refractivity contribution in [3.63, 3.8) is 0 Å². The van der Waals surface area contributed by atoms with Gasteiger partial charge in [-0.15, -0.1) is 10.2 Å². The predicted molar refractivity (Wildman–Crippen MR) is 103 cm³/mol. The Kier molecular flexibility index (Phi) is 5.47. The number of aliphatic hydroxyl groups is 1. The molecule has 10 heteroatoms. The Labute approximate surface area is 167 Å². The number of aromatic nitrogens is 3. The van der Waals surface area contributed by atoms with Crippen LogP contribution in [0.15, 0.2) is 12.7 Å². The van der Waals surface area contributed by atoms with Crippen molar-refractivity contribution in [2.75, 3.05) is 12.0 Å². The molecule has 0 saturated carbocycles. The zero-order chi connectivity index (χ0) is 21.3. The second-order valence-corrected chi connectivity index (χ2v) is 7.42. The minimum atomic E-state index is -1.22. The number of amides is 2. The maximum Gasteiger partial charge on any atom is 0.264 e. The second kappa shape index (κ2) is 7.70. The summed E-state index contributed by atoms with van der Waals surface area (Å²) in [5.74, 6) is -0.308. The normalized spacial score (nSPS) is 19.1. The van der Waals surface area contributed by atoms with E-state index in [0.717, 1.165) is 16.7 Å². The molecule has 3 rings (SSSR count). The number of hydrogen-bond donors (Lipinski definition) is 4. The summed E-state index contributed by atoms with van der Waals surface area (Å²) in [4.78, 5) is 25.3. The molecule has 2 amide bonds. The van der Waals surface area contributed by atoms with Crippen LogP contribution in [0, 0.1) is 20.8 Å². The summed E-state index contributed by atoms with van der Waals surface area (Å²) in [6, 6.07) is -1.17. The average Bonchev–Trinajstić information content (AvgIpc) is 3.21. The molecule has 156 valence electrons. The number of ether oxygens (including phenoxy) is 1. The molecule has 10 nitrogen and oxygen atoms in total. The van der Waals surface area contributed by atoms with Crippen molar-refractivity contribution in [2.24, 2.45) is 0 Å². The first kappa shape index (κ1) is 20.6. The number of phenolic OH excluding ortho intramolecular Hbond substituents is 1. The molecular weight excluding hydrogens is 378 g/mol. The first-order chi connectivity index (χ1) is 13.7. The molecule has 2 unspecified atom stereocenters. The number of carbonyl (C=O) groups excluding carboxylic acids is 2. The van der Waals surface area contributed by atoms with Gasteiger partial charge in [0.05, 0.1) is 6.61 Å². The van der Waals surface area contributed by atoms with Crippen LogP contribution in [-0.2, 0) is 16.0 Å². The lowest BCUT2D eigenvalue weighted by atomic mass is 9.86. The van der Waals surface area contributed by atoms with Crippen molar-refractivity contribution in [1.29, 1.82) is 0 Å². The van der Waals surface area contributed by atoms with Gasteiger partial charge in [0, 0.05) is 12.0 Å². The number of benzene rings is 1. The molecular formula is C19H25N5O5. The lowest BCUT2D eigenvalue weighted by molar-refractivity contribution is -0.140. The standard InChI is InChI=1S/C19H25N5O5/c1-10-11(2)16-13(12(3)15(10)26)5-6-19(4,29-16)18(28)22-14(7-25)17(27)23-24-8-20-21-9-24/h8-9,14,25-26H,5-7H2,1-4H3,(H,22,28)(H,23,27). The van der Waals surface area contributed by atoms with Gasteiger partial charge < -0.3 is 20.3 Å². The minimum absolute atomic E-state index is 0.240. The van der Waals surface area contributed by atoms with E-state index < -0.39 is 30.1 Å². The van der Waals surface area contributed by atoms with Gasteiger partial charge in [0.15, 0.2) is 5.60 Å². The summed E-state index contributed by atoms with van der Waals surface area (Å²) in [6.07, 6.45) is 3.45. The average molecular weight is 403 g/mol. The van der Waals surface area contributed by atoms with Crippen LogP contribution >= 0.6 is 0 Å². The molecule has 0 spiro atoms. The summed E-state index contributed by atoms with van der Waals surface area (Å²) in [5, 5.41) is 29.5. The summed E-state index contributed by atoms with van der Waals surface area (Å²) in [6.45, 7) is 6.51. The molecule has 1 aliphatic heterocycles. The van der Waals surface area contributed by atoms with Gasteiger partial charge in [0.1, 0.15) is 30.2 Å². The van der Waals surface area contributed by atoms with Crippen LogP contribution in [0.3, 0.4) is 0 Å². The molecule has 29 heavy (non-hydrogen) atoms. The van der Waals surface area contributed by atoms with E-state index in [0.29, 0.717) is 24.2 Å². The quantitative estimate of drug-likeness (QED) is 0.561. The lowest BCUT2D eigenvalue weighted by Gasteiger charge is -2.37. The maximum atomic E-state index is 12.9. The van der Waals surface area contributed by atoms with Gasteiger partial charge in [-0.25, -0.2) is 4.68 Å². The zero-order valence-electron chi connectivity index (χ0n) is 16.8. The third-order valence-corrected chi connectivity index (χ3v) is 5.46. The van der Waals surface area contributed by atoms with Crippen molar-refractivity contribution in [3.8, 4) is 11.5 Å². The Hall–Kier alpha value is -3.14. The number of aromatic hydroxyl groups is 1. The second-order valence-electron chi connectivity index (χ2n) is 7.42. The zero-order valence-corrected chi connectivity index (χ0v) is 16.8. The van der Waals surface area contributed by atoms with Crippen molar-refractivity contribution in [1.82, 2.24) is 20.2 Å². The third kappa shape index (κ3) is 3.75. The van der Waals surface area contributed by atoms with Crippen molar-refractivity contribution >= 4 is 11.8 Å². The highest BCUT2D eigenvalue weighted by molar-refractivity contribution is 5.95. The number of nitrogens with zero attached hydrogens (tertiary/aromatic N) is 3. The first-order valence-corrected chi connectivity index (χ1v) is 9.26. The van der Waals surface area contributed by atoms with Gasteiger partial charge in [-0.2, -0.15) is 0 Å². The van der Waals surface area contributed by atoms with Crippen LogP contribution < -0.4 is 15.5 Å². The summed E-state index contributed by atoms with van der Waals surface area (Å²) in [7, 11) is 0. The molecule has 0 fully saturated rings. The molecule has 0 aliphatic carbocycles.